The number of alkyl halides is 3. The highest BCUT2D eigenvalue weighted by Crippen LogP contribution is 2.38. The second-order valence-electron chi connectivity index (χ2n) is 5.38. The van der Waals surface area contributed by atoms with E-state index < -0.39 is 11.7 Å². The van der Waals surface area contributed by atoms with Gasteiger partial charge in [0.15, 0.2) is 0 Å². The number of nitrogens with one attached hydrogen (secondary N) is 1. The third-order valence-electron chi connectivity index (χ3n) is 3.57. The summed E-state index contributed by atoms with van der Waals surface area (Å²) in [6.07, 6.45) is -2.14. The van der Waals surface area contributed by atoms with Crippen LogP contribution in [0.15, 0.2) is 18.2 Å². The van der Waals surface area contributed by atoms with Crippen LogP contribution >= 0.6 is 24.0 Å². The monoisotopic (exact) mass is 334 g/mol. The van der Waals surface area contributed by atoms with Crippen LogP contribution < -0.4 is 11.1 Å². The van der Waals surface area contributed by atoms with E-state index in [1.165, 1.54) is 6.07 Å². The Morgan fingerprint density at radius 2 is 2.19 bits per heavy atom. The van der Waals surface area contributed by atoms with Crippen LogP contribution in [0.25, 0.3) is 0 Å². The van der Waals surface area contributed by atoms with Crippen molar-refractivity contribution in [2.24, 2.45) is 5.73 Å². The number of thiocarbonyl (C=S) groups is 1. The minimum absolute atomic E-state index is 0.0344. The summed E-state index contributed by atoms with van der Waals surface area (Å²) in [5.74, 6) is 1.12. The second-order valence-corrected chi connectivity index (χ2v) is 7.50. The molecular formula is C14H17F3N2S2. The van der Waals surface area contributed by atoms with Gasteiger partial charge in [-0.2, -0.15) is 24.9 Å². The molecule has 1 saturated heterocycles. The fraction of sp³-hybridized carbons (Fsp3) is 0.500. The van der Waals surface area contributed by atoms with Gasteiger partial charge in [0, 0.05) is 22.5 Å². The number of benzene rings is 1. The van der Waals surface area contributed by atoms with Gasteiger partial charge in [-0.15, -0.1) is 0 Å². The predicted molar refractivity (Wildman–Crippen MR) is 85.9 cm³/mol. The van der Waals surface area contributed by atoms with Gasteiger partial charge in [0.1, 0.15) is 4.99 Å². The Morgan fingerprint density at radius 3 is 2.71 bits per heavy atom. The van der Waals surface area contributed by atoms with Gasteiger partial charge in [-0.3, -0.25) is 0 Å². The van der Waals surface area contributed by atoms with Crippen molar-refractivity contribution in [3.8, 4) is 0 Å². The zero-order valence-electron chi connectivity index (χ0n) is 11.6. The molecule has 2 rings (SSSR count). The Morgan fingerprint density at radius 1 is 1.48 bits per heavy atom. The summed E-state index contributed by atoms with van der Waals surface area (Å²) in [4.78, 5) is -0.0344. The normalized spacial score (nSPS) is 22.3. The first-order valence-corrected chi connectivity index (χ1v) is 8.00. The molecule has 1 aromatic carbocycles. The highest BCUT2D eigenvalue weighted by Gasteiger charge is 2.32. The number of hydrogen-bond donors (Lipinski definition) is 2. The van der Waals surface area contributed by atoms with Crippen LogP contribution in [0.2, 0.25) is 0 Å². The van der Waals surface area contributed by atoms with Gasteiger partial charge < -0.3 is 11.1 Å². The van der Waals surface area contributed by atoms with Crippen LogP contribution in [0, 0.1) is 0 Å². The van der Waals surface area contributed by atoms with Crippen LogP contribution in [0.1, 0.15) is 30.9 Å². The molecule has 1 fully saturated rings. The topological polar surface area (TPSA) is 38.0 Å². The lowest BCUT2D eigenvalue weighted by atomic mass is 10.0. The first-order chi connectivity index (χ1) is 9.71. The highest BCUT2D eigenvalue weighted by atomic mass is 32.2. The summed E-state index contributed by atoms with van der Waals surface area (Å²) in [7, 11) is 0. The Labute approximate surface area is 131 Å². The lowest BCUT2D eigenvalue weighted by Gasteiger charge is -2.24. The van der Waals surface area contributed by atoms with Crippen molar-refractivity contribution in [2.45, 2.75) is 30.7 Å². The van der Waals surface area contributed by atoms with Crippen LogP contribution in [0.5, 0.6) is 0 Å². The van der Waals surface area contributed by atoms with Gasteiger partial charge in [-0.25, -0.2) is 0 Å². The Balaban J connectivity index is 2.21. The van der Waals surface area contributed by atoms with E-state index in [1.807, 2.05) is 11.8 Å². The molecule has 1 aliphatic rings. The van der Waals surface area contributed by atoms with Gasteiger partial charge in [0.05, 0.1) is 5.56 Å². The summed E-state index contributed by atoms with van der Waals surface area (Å²) >= 11 is 6.75. The Bertz CT molecular complexity index is 538. The van der Waals surface area contributed by atoms with Gasteiger partial charge in [0.2, 0.25) is 0 Å². The molecule has 2 nitrogen and oxygen atoms in total. The minimum Gasteiger partial charge on any atom is -0.389 e. The number of anilines is 1. The molecule has 1 aromatic rings. The maximum Gasteiger partial charge on any atom is 0.416 e. The van der Waals surface area contributed by atoms with Gasteiger partial charge >= 0.3 is 6.18 Å². The fourth-order valence-electron chi connectivity index (χ4n) is 2.34. The van der Waals surface area contributed by atoms with Gasteiger partial charge in [-0.05, 0) is 43.7 Å². The molecule has 116 valence electrons. The van der Waals surface area contributed by atoms with Crippen molar-refractivity contribution >= 4 is 34.7 Å². The summed E-state index contributed by atoms with van der Waals surface area (Å²) in [6, 6.07) is 3.46. The fourth-order valence-corrected chi connectivity index (χ4v) is 3.75. The molecule has 1 aliphatic heterocycles. The average molecular weight is 334 g/mol. The molecule has 1 heterocycles. The smallest absolute Gasteiger partial charge is 0.389 e. The quantitative estimate of drug-likeness (QED) is 0.815. The van der Waals surface area contributed by atoms with E-state index in [1.54, 1.807) is 0 Å². The molecule has 21 heavy (non-hydrogen) atoms. The van der Waals surface area contributed by atoms with E-state index in [2.05, 4.69) is 12.2 Å². The average Bonchev–Trinajstić information content (AvgIpc) is 2.82. The molecule has 0 spiro atoms. The molecule has 1 unspecified atom stereocenters. The summed E-state index contributed by atoms with van der Waals surface area (Å²) in [5, 5.41) is 3.20. The maximum atomic E-state index is 12.7. The third-order valence-corrected chi connectivity index (χ3v) is 5.32. The summed E-state index contributed by atoms with van der Waals surface area (Å²) < 4.78 is 38.4. The Hall–Kier alpha value is -0.950. The highest BCUT2D eigenvalue weighted by molar-refractivity contribution is 8.00. The number of rotatable bonds is 4. The van der Waals surface area contributed by atoms with E-state index in [0.717, 1.165) is 30.7 Å². The van der Waals surface area contributed by atoms with Crippen LogP contribution in [0.3, 0.4) is 0 Å². The third kappa shape index (κ3) is 4.03. The number of thioether (sulfide) groups is 1. The first kappa shape index (κ1) is 16.4. The van der Waals surface area contributed by atoms with Crippen LogP contribution in [0.4, 0.5) is 18.9 Å². The van der Waals surface area contributed by atoms with Crippen LogP contribution in [-0.2, 0) is 6.18 Å². The van der Waals surface area contributed by atoms with E-state index in [4.69, 9.17) is 18.0 Å². The molecule has 0 amide bonds. The number of hydrogen-bond acceptors (Lipinski definition) is 3. The lowest BCUT2D eigenvalue weighted by Crippen LogP contribution is -2.28. The van der Waals surface area contributed by atoms with Crippen molar-refractivity contribution in [3.63, 3.8) is 0 Å². The maximum absolute atomic E-state index is 12.7. The van der Waals surface area contributed by atoms with E-state index in [-0.39, 0.29) is 15.3 Å². The van der Waals surface area contributed by atoms with Crippen molar-refractivity contribution in [3.05, 3.63) is 29.3 Å². The molecule has 0 aliphatic carbocycles. The van der Waals surface area contributed by atoms with E-state index in [0.29, 0.717) is 12.2 Å². The van der Waals surface area contributed by atoms with E-state index in [9.17, 15) is 13.2 Å². The van der Waals surface area contributed by atoms with Crippen molar-refractivity contribution in [1.82, 2.24) is 0 Å². The minimum atomic E-state index is -4.40. The van der Waals surface area contributed by atoms with Crippen molar-refractivity contribution in [2.75, 3.05) is 17.6 Å². The second kappa shape index (κ2) is 6.04. The predicted octanol–water partition coefficient (Wildman–Crippen LogP) is 4.04. The van der Waals surface area contributed by atoms with Crippen LogP contribution in [-0.4, -0.2) is 22.0 Å². The largest absolute Gasteiger partial charge is 0.416 e. The van der Waals surface area contributed by atoms with Gasteiger partial charge in [0.25, 0.3) is 0 Å². The summed E-state index contributed by atoms with van der Waals surface area (Å²) in [5.41, 5.74) is 5.63. The number of nitrogens with two attached hydrogens (primary N) is 1. The standard InChI is InChI=1S/C14H17F3N2S2/c1-13(5-2-6-21-13)8-19-11-4-3-9(14(15,16)17)7-10(11)12(18)20/h3-4,7,19H,2,5-6,8H2,1H3,(H2,18,20). The zero-order valence-corrected chi connectivity index (χ0v) is 13.2. The van der Waals surface area contributed by atoms with Gasteiger partial charge in [-0.1, -0.05) is 12.2 Å². The molecule has 0 aromatic heterocycles. The molecule has 3 N–H and O–H groups in total. The molecule has 0 radical (unpaired) electrons. The van der Waals surface area contributed by atoms with Crippen molar-refractivity contribution in [1.29, 1.82) is 0 Å². The molecular weight excluding hydrogens is 317 g/mol. The molecule has 0 saturated carbocycles. The lowest BCUT2D eigenvalue weighted by molar-refractivity contribution is -0.137. The Kier molecular flexibility index (Phi) is 4.72. The SMILES string of the molecule is CC1(CNc2ccc(C(F)(F)F)cc2C(N)=S)CCCS1. The molecule has 7 heteroatoms. The van der Waals surface area contributed by atoms with Crippen molar-refractivity contribution < 1.29 is 13.2 Å². The summed E-state index contributed by atoms with van der Waals surface area (Å²) in [6.45, 7) is 2.83. The number of halogens is 3. The zero-order chi connectivity index (χ0) is 15.7. The van der Waals surface area contributed by atoms with E-state index >= 15 is 0 Å². The first-order valence-electron chi connectivity index (χ1n) is 6.60. The molecule has 1 atom stereocenters. The molecule has 0 bridgehead atoms.